The summed E-state index contributed by atoms with van der Waals surface area (Å²) in [6.45, 7) is 2.18. The maximum atomic E-state index is 9.23. The van der Waals surface area contributed by atoms with E-state index in [1.165, 1.54) is 12.8 Å². The summed E-state index contributed by atoms with van der Waals surface area (Å²) in [5.41, 5.74) is -0.399. The lowest BCUT2D eigenvalue weighted by atomic mass is 9.90. The molecule has 0 radical (unpaired) electrons. The van der Waals surface area contributed by atoms with Crippen LogP contribution in [0.15, 0.2) is 24.4 Å². The Labute approximate surface area is 86.5 Å². The Morgan fingerprint density at radius 2 is 2.14 bits per heavy atom. The van der Waals surface area contributed by atoms with Crippen LogP contribution in [0.3, 0.4) is 0 Å². The van der Waals surface area contributed by atoms with E-state index in [1.807, 2.05) is 36.4 Å². The number of likely N-dealkylation sites (N-methyl/N-ethyl adjacent to an activating group) is 1. The Kier molecular flexibility index (Phi) is 3.76. The van der Waals surface area contributed by atoms with Crippen LogP contribution in [-0.4, -0.2) is 17.5 Å². The van der Waals surface area contributed by atoms with Crippen LogP contribution in [0.2, 0.25) is 0 Å². The highest BCUT2D eigenvalue weighted by Gasteiger charge is 2.30. The van der Waals surface area contributed by atoms with E-state index in [-0.39, 0.29) is 0 Å². The molecule has 0 aromatic heterocycles. The highest BCUT2D eigenvalue weighted by Crippen LogP contribution is 2.25. The summed E-state index contributed by atoms with van der Waals surface area (Å²) in [6.07, 6.45) is 12.4. The molecular weight excluding hydrogens is 172 g/mol. The van der Waals surface area contributed by atoms with E-state index in [0.29, 0.717) is 0 Å². The van der Waals surface area contributed by atoms with Crippen molar-refractivity contribution in [1.29, 1.82) is 5.26 Å². The molecular formula is C12H18N2. The molecule has 76 valence electrons. The van der Waals surface area contributed by atoms with E-state index in [2.05, 4.69) is 13.0 Å². The molecule has 0 amide bonds. The third-order valence-corrected chi connectivity index (χ3v) is 2.78. The number of allylic oxidation sites excluding steroid dienone is 2. The molecule has 1 aliphatic heterocycles. The zero-order chi connectivity index (χ0) is 10.4. The van der Waals surface area contributed by atoms with Gasteiger partial charge in [-0.25, -0.2) is 0 Å². The topological polar surface area (TPSA) is 27.0 Å². The summed E-state index contributed by atoms with van der Waals surface area (Å²) < 4.78 is 0. The molecule has 2 nitrogen and oxygen atoms in total. The van der Waals surface area contributed by atoms with Gasteiger partial charge in [-0.2, -0.15) is 5.26 Å². The van der Waals surface area contributed by atoms with Crippen LogP contribution in [0.25, 0.3) is 0 Å². The molecule has 0 fully saturated rings. The number of unbranched alkanes of at least 4 members (excludes halogenated alkanes) is 2. The number of rotatable bonds is 4. The minimum absolute atomic E-state index is 0.399. The Balaban J connectivity index is 2.63. The van der Waals surface area contributed by atoms with E-state index < -0.39 is 5.54 Å². The SMILES string of the molecule is CCCCCC1(C#N)C=CC=CN1C. The number of nitrogens with zero attached hydrogens (tertiary/aromatic N) is 2. The molecule has 0 aromatic carbocycles. The molecule has 1 heterocycles. The van der Waals surface area contributed by atoms with Gasteiger partial charge in [0.25, 0.3) is 0 Å². The summed E-state index contributed by atoms with van der Waals surface area (Å²) in [5, 5.41) is 9.23. The lowest BCUT2D eigenvalue weighted by molar-refractivity contribution is 0.277. The average molecular weight is 190 g/mol. The second-order valence-corrected chi connectivity index (χ2v) is 3.80. The first-order valence-corrected chi connectivity index (χ1v) is 5.25. The summed E-state index contributed by atoms with van der Waals surface area (Å²) in [7, 11) is 1.97. The van der Waals surface area contributed by atoms with Crippen molar-refractivity contribution >= 4 is 0 Å². The molecule has 0 saturated carbocycles. The zero-order valence-corrected chi connectivity index (χ0v) is 9.03. The molecule has 0 N–H and O–H groups in total. The summed E-state index contributed by atoms with van der Waals surface area (Å²) in [5.74, 6) is 0. The van der Waals surface area contributed by atoms with Gasteiger partial charge in [0.2, 0.25) is 0 Å². The van der Waals surface area contributed by atoms with Gasteiger partial charge in [-0.3, -0.25) is 0 Å². The lowest BCUT2D eigenvalue weighted by Crippen LogP contribution is -2.41. The quantitative estimate of drug-likeness (QED) is 0.637. The van der Waals surface area contributed by atoms with E-state index in [1.54, 1.807) is 0 Å². The van der Waals surface area contributed by atoms with Crippen molar-refractivity contribution in [1.82, 2.24) is 4.90 Å². The van der Waals surface area contributed by atoms with E-state index in [0.717, 1.165) is 12.8 Å². The van der Waals surface area contributed by atoms with Crippen molar-refractivity contribution in [3.05, 3.63) is 24.4 Å². The summed E-state index contributed by atoms with van der Waals surface area (Å²) in [4.78, 5) is 2.00. The highest BCUT2D eigenvalue weighted by molar-refractivity contribution is 5.28. The molecule has 14 heavy (non-hydrogen) atoms. The molecule has 1 unspecified atom stereocenters. The number of nitriles is 1. The van der Waals surface area contributed by atoms with Gasteiger partial charge in [-0.05, 0) is 25.0 Å². The molecule has 0 aliphatic carbocycles. The van der Waals surface area contributed by atoms with Crippen LogP contribution in [0.1, 0.15) is 32.6 Å². The van der Waals surface area contributed by atoms with Crippen LogP contribution < -0.4 is 0 Å². The Morgan fingerprint density at radius 1 is 1.36 bits per heavy atom. The maximum absolute atomic E-state index is 9.23. The molecule has 0 aromatic rings. The van der Waals surface area contributed by atoms with Crippen molar-refractivity contribution in [3.8, 4) is 6.07 Å². The second-order valence-electron chi connectivity index (χ2n) is 3.80. The van der Waals surface area contributed by atoms with Crippen molar-refractivity contribution in [2.75, 3.05) is 7.05 Å². The molecule has 1 atom stereocenters. The minimum atomic E-state index is -0.399. The predicted molar refractivity (Wildman–Crippen MR) is 58.5 cm³/mol. The minimum Gasteiger partial charge on any atom is -0.359 e. The Morgan fingerprint density at radius 3 is 2.71 bits per heavy atom. The fourth-order valence-corrected chi connectivity index (χ4v) is 1.72. The zero-order valence-electron chi connectivity index (χ0n) is 9.03. The summed E-state index contributed by atoms with van der Waals surface area (Å²) >= 11 is 0. The third-order valence-electron chi connectivity index (χ3n) is 2.78. The van der Waals surface area contributed by atoms with E-state index in [4.69, 9.17) is 0 Å². The highest BCUT2D eigenvalue weighted by atomic mass is 15.2. The third kappa shape index (κ3) is 2.17. The standard InChI is InChI=1S/C12H18N2/c1-3-4-5-8-12(11-13)9-6-7-10-14(12)2/h6-7,9-10H,3-5,8H2,1-2H3. The molecule has 1 aliphatic rings. The monoisotopic (exact) mass is 190 g/mol. The van der Waals surface area contributed by atoms with Crippen molar-refractivity contribution in [3.63, 3.8) is 0 Å². The van der Waals surface area contributed by atoms with Crippen molar-refractivity contribution in [2.24, 2.45) is 0 Å². The Bertz CT molecular complexity index is 273. The van der Waals surface area contributed by atoms with Gasteiger partial charge in [0, 0.05) is 13.2 Å². The van der Waals surface area contributed by atoms with Crippen molar-refractivity contribution in [2.45, 2.75) is 38.1 Å². The lowest BCUT2D eigenvalue weighted by Gasteiger charge is -2.34. The smallest absolute Gasteiger partial charge is 0.146 e. The molecule has 2 heteroatoms. The van der Waals surface area contributed by atoms with Gasteiger partial charge in [-0.15, -0.1) is 0 Å². The summed E-state index contributed by atoms with van der Waals surface area (Å²) in [6, 6.07) is 2.41. The van der Waals surface area contributed by atoms with Gasteiger partial charge in [0.05, 0.1) is 6.07 Å². The maximum Gasteiger partial charge on any atom is 0.146 e. The van der Waals surface area contributed by atoms with Crippen LogP contribution in [0, 0.1) is 11.3 Å². The first kappa shape index (κ1) is 10.8. The fourth-order valence-electron chi connectivity index (χ4n) is 1.72. The van der Waals surface area contributed by atoms with Gasteiger partial charge >= 0.3 is 0 Å². The second kappa shape index (κ2) is 4.85. The Hall–Kier alpha value is -1.23. The van der Waals surface area contributed by atoms with Crippen LogP contribution in [-0.2, 0) is 0 Å². The van der Waals surface area contributed by atoms with Crippen LogP contribution in [0.5, 0.6) is 0 Å². The van der Waals surface area contributed by atoms with Gasteiger partial charge in [0.15, 0.2) is 0 Å². The van der Waals surface area contributed by atoms with Crippen molar-refractivity contribution < 1.29 is 0 Å². The molecule has 0 spiro atoms. The van der Waals surface area contributed by atoms with Crippen LogP contribution >= 0.6 is 0 Å². The average Bonchev–Trinajstić information content (AvgIpc) is 2.21. The van der Waals surface area contributed by atoms with Crippen LogP contribution in [0.4, 0.5) is 0 Å². The fraction of sp³-hybridized carbons (Fsp3) is 0.583. The molecule has 0 bridgehead atoms. The first-order chi connectivity index (χ1) is 6.75. The first-order valence-electron chi connectivity index (χ1n) is 5.25. The molecule has 1 rings (SSSR count). The van der Waals surface area contributed by atoms with E-state index in [9.17, 15) is 5.26 Å². The van der Waals surface area contributed by atoms with Gasteiger partial charge in [-0.1, -0.05) is 25.8 Å². The normalized spacial score (nSPS) is 25.1. The number of hydrogen-bond donors (Lipinski definition) is 0. The molecule has 0 saturated heterocycles. The van der Waals surface area contributed by atoms with Gasteiger partial charge < -0.3 is 4.90 Å². The largest absolute Gasteiger partial charge is 0.359 e. The predicted octanol–water partition coefficient (Wildman–Crippen LogP) is 2.84. The van der Waals surface area contributed by atoms with Gasteiger partial charge in [0.1, 0.15) is 5.54 Å². The number of hydrogen-bond acceptors (Lipinski definition) is 2. The van der Waals surface area contributed by atoms with E-state index >= 15 is 0 Å².